The molecular formula is C24H28ClFN4O4S. The van der Waals surface area contributed by atoms with Crippen LogP contribution in [0, 0.1) is 17.7 Å². The summed E-state index contributed by atoms with van der Waals surface area (Å²) in [6, 6.07) is 8.71. The first-order valence-electron chi connectivity index (χ1n) is 11.7. The molecule has 2 unspecified atom stereocenters. The number of piperazine rings is 1. The molecule has 2 aromatic carbocycles. The van der Waals surface area contributed by atoms with Crippen LogP contribution in [0.1, 0.15) is 10.4 Å². The molecule has 188 valence electrons. The zero-order valence-corrected chi connectivity index (χ0v) is 21.0. The maximum atomic E-state index is 13.4. The van der Waals surface area contributed by atoms with Gasteiger partial charge in [-0.25, -0.2) is 12.8 Å². The van der Waals surface area contributed by atoms with Crippen LogP contribution in [0.15, 0.2) is 41.3 Å². The summed E-state index contributed by atoms with van der Waals surface area (Å²) >= 11 is 6.07. The highest BCUT2D eigenvalue weighted by Gasteiger charge is 2.41. The van der Waals surface area contributed by atoms with Crippen molar-refractivity contribution >= 4 is 33.2 Å². The Hall–Kier alpha value is -2.40. The van der Waals surface area contributed by atoms with Crippen LogP contribution in [0.25, 0.3) is 0 Å². The fourth-order valence-electron chi connectivity index (χ4n) is 5.22. The Morgan fingerprint density at radius 1 is 1.06 bits per heavy atom. The van der Waals surface area contributed by atoms with Gasteiger partial charge in [0, 0.05) is 39.3 Å². The van der Waals surface area contributed by atoms with E-state index in [9.17, 15) is 17.6 Å². The van der Waals surface area contributed by atoms with E-state index in [0.717, 1.165) is 19.2 Å². The van der Waals surface area contributed by atoms with E-state index in [0.29, 0.717) is 62.5 Å². The molecule has 0 spiro atoms. The van der Waals surface area contributed by atoms with Crippen molar-refractivity contribution in [3.8, 4) is 5.75 Å². The van der Waals surface area contributed by atoms with Gasteiger partial charge in [-0.3, -0.25) is 4.79 Å². The lowest BCUT2D eigenvalue weighted by atomic mass is 10.0. The van der Waals surface area contributed by atoms with Crippen molar-refractivity contribution in [1.82, 2.24) is 14.5 Å². The molecule has 0 radical (unpaired) electrons. The quantitative estimate of drug-likeness (QED) is 0.649. The predicted molar refractivity (Wildman–Crippen MR) is 131 cm³/mol. The molecule has 35 heavy (non-hydrogen) atoms. The molecule has 1 N–H and O–H groups in total. The Balaban J connectivity index is 1.32. The predicted octanol–water partition coefficient (Wildman–Crippen LogP) is 2.29. The molecule has 2 aromatic rings. The maximum Gasteiger partial charge on any atom is 0.255 e. The molecule has 5 rings (SSSR count). The molecule has 0 saturated carbocycles. The monoisotopic (exact) mass is 522 g/mol. The number of rotatable bonds is 5. The second kappa shape index (κ2) is 9.57. The van der Waals surface area contributed by atoms with E-state index in [1.54, 1.807) is 34.5 Å². The number of methoxy groups -OCH3 is 1. The Morgan fingerprint density at radius 3 is 2.37 bits per heavy atom. The van der Waals surface area contributed by atoms with Crippen molar-refractivity contribution in [3.63, 3.8) is 0 Å². The zero-order chi connectivity index (χ0) is 24.7. The summed E-state index contributed by atoms with van der Waals surface area (Å²) in [5, 5.41) is 3.42. The number of hydrogen-bond donors (Lipinski definition) is 1. The van der Waals surface area contributed by atoms with Crippen LogP contribution >= 0.6 is 11.6 Å². The molecule has 3 fully saturated rings. The molecule has 8 nitrogen and oxygen atoms in total. The van der Waals surface area contributed by atoms with Gasteiger partial charge in [-0.05, 0) is 61.3 Å². The lowest BCUT2D eigenvalue weighted by Crippen LogP contribution is -2.49. The van der Waals surface area contributed by atoms with Gasteiger partial charge in [0.2, 0.25) is 10.0 Å². The van der Waals surface area contributed by atoms with Crippen LogP contribution in [0.5, 0.6) is 5.75 Å². The minimum absolute atomic E-state index is 0.0823. The van der Waals surface area contributed by atoms with Crippen molar-refractivity contribution in [1.29, 1.82) is 0 Å². The summed E-state index contributed by atoms with van der Waals surface area (Å²) in [6.45, 7) is 4.59. The number of nitrogens with one attached hydrogen (secondary N) is 1. The van der Waals surface area contributed by atoms with Crippen LogP contribution in [0.2, 0.25) is 5.02 Å². The molecule has 3 saturated heterocycles. The minimum atomic E-state index is -3.62. The zero-order valence-electron chi connectivity index (χ0n) is 19.4. The second-order valence-corrected chi connectivity index (χ2v) is 11.6. The number of carbonyl (C=O) groups is 1. The first kappa shape index (κ1) is 24.3. The Labute approximate surface area is 209 Å². The topological polar surface area (TPSA) is 82.2 Å². The van der Waals surface area contributed by atoms with Gasteiger partial charge in [0.25, 0.3) is 5.91 Å². The Kier molecular flexibility index (Phi) is 6.65. The summed E-state index contributed by atoms with van der Waals surface area (Å²) in [6.07, 6.45) is 0. The fourth-order valence-corrected chi connectivity index (χ4v) is 7.04. The number of anilines is 1. The van der Waals surface area contributed by atoms with Gasteiger partial charge in [0.15, 0.2) is 0 Å². The van der Waals surface area contributed by atoms with E-state index >= 15 is 0 Å². The number of fused-ring (bicyclic) bond motifs is 1. The smallest absolute Gasteiger partial charge is 0.255 e. The number of ether oxygens (including phenoxy) is 1. The van der Waals surface area contributed by atoms with Crippen LogP contribution in [0.3, 0.4) is 0 Å². The van der Waals surface area contributed by atoms with Gasteiger partial charge in [0.05, 0.1) is 28.3 Å². The highest BCUT2D eigenvalue weighted by atomic mass is 35.5. The highest BCUT2D eigenvalue weighted by Crippen LogP contribution is 2.35. The van der Waals surface area contributed by atoms with Crippen molar-refractivity contribution in [2.75, 3.05) is 64.4 Å². The van der Waals surface area contributed by atoms with Gasteiger partial charge in [-0.1, -0.05) is 11.6 Å². The number of carbonyl (C=O) groups excluding carboxylic acids is 1. The molecule has 3 heterocycles. The van der Waals surface area contributed by atoms with Crippen molar-refractivity contribution < 1.29 is 22.3 Å². The third-order valence-corrected chi connectivity index (χ3v) is 9.35. The Bertz CT molecular complexity index is 1220. The number of hydrogen-bond acceptors (Lipinski definition) is 6. The molecule has 1 amide bonds. The van der Waals surface area contributed by atoms with Gasteiger partial charge >= 0.3 is 0 Å². The van der Waals surface area contributed by atoms with Crippen LogP contribution in [0.4, 0.5) is 10.1 Å². The summed E-state index contributed by atoms with van der Waals surface area (Å²) in [4.78, 5) is 16.8. The van der Waals surface area contributed by atoms with Gasteiger partial charge < -0.3 is 19.9 Å². The van der Waals surface area contributed by atoms with Crippen LogP contribution in [-0.4, -0.2) is 83.0 Å². The SMILES string of the molecule is COc1ccc(S(=O)(=O)N2CC3CNCC3C2)cc1N1CCN(C(=O)c2ccc(F)cc2Cl)CC1. The van der Waals surface area contributed by atoms with Crippen molar-refractivity contribution in [2.45, 2.75) is 4.90 Å². The van der Waals surface area contributed by atoms with E-state index in [1.165, 1.54) is 12.1 Å². The molecule has 0 aliphatic carbocycles. The van der Waals surface area contributed by atoms with E-state index in [2.05, 4.69) is 5.32 Å². The molecule has 2 atom stereocenters. The van der Waals surface area contributed by atoms with Crippen molar-refractivity contribution in [2.24, 2.45) is 11.8 Å². The molecule has 3 aliphatic rings. The van der Waals surface area contributed by atoms with E-state index < -0.39 is 15.8 Å². The number of sulfonamides is 1. The standard InChI is InChI=1S/C24H28ClFN4O4S/c1-34-23-5-3-19(35(32,33)30-14-16-12-27-13-17(16)15-30)11-22(23)28-6-8-29(9-7-28)24(31)20-4-2-18(26)10-21(20)25/h2-5,10-11,16-17,27H,6-9,12-15H2,1H3. The van der Waals surface area contributed by atoms with E-state index in [1.807, 2.05) is 4.90 Å². The summed E-state index contributed by atoms with van der Waals surface area (Å²) in [7, 11) is -2.07. The molecule has 11 heteroatoms. The van der Waals surface area contributed by atoms with Crippen LogP contribution in [-0.2, 0) is 10.0 Å². The lowest BCUT2D eigenvalue weighted by Gasteiger charge is -2.37. The van der Waals surface area contributed by atoms with Crippen molar-refractivity contribution in [3.05, 3.63) is 52.8 Å². The molecule has 3 aliphatic heterocycles. The average molecular weight is 523 g/mol. The van der Waals surface area contributed by atoms with E-state index in [-0.39, 0.29) is 21.4 Å². The summed E-state index contributed by atoms with van der Waals surface area (Å²) < 4.78 is 47.3. The van der Waals surface area contributed by atoms with E-state index in [4.69, 9.17) is 16.3 Å². The first-order chi connectivity index (χ1) is 16.8. The molecule has 0 aromatic heterocycles. The Morgan fingerprint density at radius 2 is 1.74 bits per heavy atom. The second-order valence-electron chi connectivity index (χ2n) is 9.24. The molecule has 0 bridgehead atoms. The highest BCUT2D eigenvalue weighted by molar-refractivity contribution is 7.89. The number of benzene rings is 2. The average Bonchev–Trinajstić information content (AvgIpc) is 3.47. The van der Waals surface area contributed by atoms with Gasteiger partial charge in [-0.2, -0.15) is 4.31 Å². The summed E-state index contributed by atoms with van der Waals surface area (Å²) in [5.41, 5.74) is 0.944. The van der Waals surface area contributed by atoms with Gasteiger partial charge in [0.1, 0.15) is 11.6 Å². The number of nitrogens with zero attached hydrogens (tertiary/aromatic N) is 3. The first-order valence-corrected chi connectivity index (χ1v) is 13.5. The van der Waals surface area contributed by atoms with Gasteiger partial charge in [-0.15, -0.1) is 0 Å². The maximum absolute atomic E-state index is 13.4. The number of halogens is 2. The largest absolute Gasteiger partial charge is 0.495 e. The molecular weight excluding hydrogens is 495 g/mol. The lowest BCUT2D eigenvalue weighted by molar-refractivity contribution is 0.0747. The number of amides is 1. The third kappa shape index (κ3) is 4.60. The third-order valence-electron chi connectivity index (χ3n) is 7.21. The fraction of sp³-hybridized carbons (Fsp3) is 0.458. The summed E-state index contributed by atoms with van der Waals surface area (Å²) in [5.74, 6) is 0.553. The minimum Gasteiger partial charge on any atom is -0.495 e. The normalized spacial score (nSPS) is 22.9. The van der Waals surface area contributed by atoms with Crippen LogP contribution < -0.4 is 15.0 Å².